The maximum absolute atomic E-state index is 13.1. The van der Waals surface area contributed by atoms with Gasteiger partial charge >= 0.3 is 11.9 Å². The van der Waals surface area contributed by atoms with E-state index in [-0.39, 0.29) is 29.6 Å². The van der Waals surface area contributed by atoms with E-state index in [1.807, 2.05) is 20.8 Å². The molecule has 4 saturated carbocycles. The molecular weight excluding hydrogens is 1210 g/mol. The van der Waals surface area contributed by atoms with Crippen molar-refractivity contribution in [1.29, 1.82) is 0 Å². The highest BCUT2D eigenvalue weighted by Crippen LogP contribution is 2.76. The van der Waals surface area contributed by atoms with Crippen LogP contribution in [0.15, 0.2) is 11.6 Å². The lowest BCUT2D eigenvalue weighted by Crippen LogP contribution is -2.69. The van der Waals surface area contributed by atoms with Crippen LogP contribution in [-0.4, -0.2) is 298 Å². The third kappa shape index (κ3) is 12.0. The van der Waals surface area contributed by atoms with Gasteiger partial charge in [-0.05, 0) is 85.4 Å². The van der Waals surface area contributed by atoms with Crippen LogP contribution >= 0.6 is 0 Å². The van der Waals surface area contributed by atoms with Crippen molar-refractivity contribution >= 4 is 11.9 Å². The van der Waals surface area contributed by atoms with Gasteiger partial charge in [0.2, 0.25) is 0 Å². The van der Waals surface area contributed by atoms with Crippen LogP contribution in [0.1, 0.15) is 107 Å². The minimum absolute atomic E-state index is 0.000308. The smallest absolute Gasteiger partial charge is 0.335 e. The summed E-state index contributed by atoms with van der Waals surface area (Å²) in [4.78, 5) is 25.7. The third-order valence-corrected chi connectivity index (χ3v) is 23.8. The number of ether oxygens (including phenoxy) is 11. The lowest BCUT2D eigenvalue weighted by Gasteiger charge is -2.72. The van der Waals surface area contributed by atoms with E-state index in [0.29, 0.717) is 44.9 Å². The van der Waals surface area contributed by atoms with Gasteiger partial charge in [0, 0.05) is 23.2 Å². The number of carbonyl (C=O) groups excluding carboxylic acids is 1. The predicted octanol–water partition coefficient (Wildman–Crippen LogP) is -4.49. The summed E-state index contributed by atoms with van der Waals surface area (Å²) in [7, 11) is 0. The van der Waals surface area contributed by atoms with Gasteiger partial charge in [-0.15, -0.1) is 0 Å². The molecule has 5 saturated heterocycles. The quantitative estimate of drug-likeness (QED) is 0.0393. The number of rotatable bonds is 16. The molecule has 10 aliphatic rings. The van der Waals surface area contributed by atoms with Crippen molar-refractivity contribution in [1.82, 2.24) is 0 Å². The van der Waals surface area contributed by atoms with E-state index in [1.54, 1.807) is 0 Å². The molecule has 522 valence electrons. The molecule has 0 aromatic heterocycles. The fraction of sp³-hybridized carbons (Fsp3) is 0.934. The Morgan fingerprint density at radius 1 is 0.527 bits per heavy atom. The number of hydrogen-bond acceptors (Lipinski definition) is 29. The minimum atomic E-state index is -2.18. The fourth-order valence-electron chi connectivity index (χ4n) is 18.3. The number of aliphatic carboxylic acids is 1. The van der Waals surface area contributed by atoms with E-state index >= 15 is 0 Å². The SMILES string of the molecule is CC(=O)OC1C(OC2OCC(O)C(OC3OC(CO)C(O)C(O)C3O)C2O)C2(C)CCC3(C)C(=CCC4C5(C)CCC(OC6OC(C(=O)O)C(O)C(O)C6OC6OC(CO)C(O)C(O)C6OC6OC(CO)C(O)C(O)C6O)C(C)(CO)C5CCC43C)C2CC1(C)C. The Morgan fingerprint density at radius 3 is 1.60 bits per heavy atom. The Hall–Kier alpha value is -2.36. The summed E-state index contributed by atoms with van der Waals surface area (Å²) in [5.41, 5.74) is -2.76. The van der Waals surface area contributed by atoms with Gasteiger partial charge in [0.1, 0.15) is 122 Å². The van der Waals surface area contributed by atoms with Crippen molar-refractivity contribution in [2.45, 2.75) is 272 Å². The molecule has 10 rings (SSSR count). The van der Waals surface area contributed by atoms with Crippen molar-refractivity contribution in [2.75, 3.05) is 33.0 Å². The monoisotopic (exact) mass is 1310 g/mol. The van der Waals surface area contributed by atoms with Crippen LogP contribution in [0.25, 0.3) is 0 Å². The van der Waals surface area contributed by atoms with E-state index in [4.69, 9.17) is 52.1 Å². The van der Waals surface area contributed by atoms with Gasteiger partial charge in [0.05, 0.1) is 39.1 Å². The van der Waals surface area contributed by atoms with Gasteiger partial charge in [0.15, 0.2) is 37.6 Å². The van der Waals surface area contributed by atoms with Gasteiger partial charge in [-0.1, -0.05) is 60.1 Å². The van der Waals surface area contributed by atoms with Gasteiger partial charge in [-0.3, -0.25) is 4.79 Å². The molecule has 0 spiro atoms. The molecule has 0 aromatic carbocycles. The normalized spacial score (nSPS) is 54.0. The Morgan fingerprint density at radius 2 is 1.05 bits per heavy atom. The summed E-state index contributed by atoms with van der Waals surface area (Å²) in [5.74, 6) is -2.70. The molecule has 5 aliphatic heterocycles. The first-order valence-electron chi connectivity index (χ1n) is 31.8. The zero-order valence-electron chi connectivity index (χ0n) is 52.5. The Bertz CT molecular complexity index is 2580. The number of aliphatic hydroxyl groups excluding tert-OH is 16. The first-order chi connectivity index (χ1) is 42.6. The van der Waals surface area contributed by atoms with E-state index in [9.17, 15) is 96.4 Å². The molecule has 35 atom stereocenters. The number of carboxylic acid groups (broad SMARTS) is 1. The van der Waals surface area contributed by atoms with Crippen LogP contribution in [0.4, 0.5) is 0 Å². The van der Waals surface area contributed by atoms with Crippen LogP contribution in [0.3, 0.4) is 0 Å². The van der Waals surface area contributed by atoms with Crippen LogP contribution in [-0.2, 0) is 61.7 Å². The molecule has 5 heterocycles. The van der Waals surface area contributed by atoms with Crippen LogP contribution < -0.4 is 0 Å². The Kier molecular flexibility index (Phi) is 20.8. The first kappa shape index (κ1) is 71.4. The van der Waals surface area contributed by atoms with Crippen molar-refractivity contribution in [3.8, 4) is 0 Å². The molecule has 35 unspecified atom stereocenters. The molecule has 17 N–H and O–H groups in total. The largest absolute Gasteiger partial charge is 0.479 e. The topological polar surface area (TPSA) is 480 Å². The standard InChI is InChI=1S/C61H98O30/c1-23(66)82-48-49(91-51-43(78)44(26(67)21-81-51)87-52-41(76)36(71)33(68)27(18-62)83-52)57(4)15-16-60(7)24(25(57)17-56(48,2)3)9-10-31-58(5)13-12-32(59(6,22-65)30(58)11-14-61(31,60)8)86-55-47(40(75)39(74)45(88-55)50(79)80)90-54-46(38(73)35(70)29(20-64)85-54)89-53-42(77)37(72)34(69)28(19-63)84-53/h9,25-49,51-55,62-65,67-78H,10-22H2,1-8H3,(H,79,80). The highest BCUT2D eigenvalue weighted by Gasteiger charge is 2.72. The summed E-state index contributed by atoms with van der Waals surface area (Å²) < 4.78 is 66.8. The summed E-state index contributed by atoms with van der Waals surface area (Å²) in [5, 5.41) is 184. The molecule has 9 fully saturated rings. The summed E-state index contributed by atoms with van der Waals surface area (Å²) >= 11 is 0. The summed E-state index contributed by atoms with van der Waals surface area (Å²) in [6.07, 6.45) is -39.6. The first-order valence-corrected chi connectivity index (χ1v) is 31.8. The average molecular weight is 1310 g/mol. The van der Waals surface area contributed by atoms with Crippen molar-refractivity contribution in [2.24, 2.45) is 50.2 Å². The van der Waals surface area contributed by atoms with E-state index in [2.05, 4.69) is 33.8 Å². The highest BCUT2D eigenvalue weighted by atomic mass is 16.8. The second kappa shape index (κ2) is 26.5. The fourth-order valence-corrected chi connectivity index (χ4v) is 18.3. The lowest BCUT2D eigenvalue weighted by atomic mass is 9.33. The predicted molar refractivity (Wildman–Crippen MR) is 302 cm³/mol. The zero-order chi connectivity index (χ0) is 66.7. The number of allylic oxidation sites excluding steroid dienone is 2. The van der Waals surface area contributed by atoms with E-state index in [0.717, 1.165) is 0 Å². The number of carboxylic acids is 1. The van der Waals surface area contributed by atoms with Crippen molar-refractivity contribution in [3.63, 3.8) is 0 Å². The molecule has 0 radical (unpaired) electrons. The van der Waals surface area contributed by atoms with E-state index in [1.165, 1.54) is 12.5 Å². The van der Waals surface area contributed by atoms with Crippen LogP contribution in [0.2, 0.25) is 0 Å². The molecular formula is C61H98O30. The molecule has 0 amide bonds. The zero-order valence-corrected chi connectivity index (χ0v) is 52.5. The van der Waals surface area contributed by atoms with Crippen molar-refractivity contribution in [3.05, 3.63) is 11.6 Å². The summed E-state index contributed by atoms with van der Waals surface area (Å²) in [6, 6.07) is 0. The molecule has 91 heavy (non-hydrogen) atoms. The molecule has 30 nitrogen and oxygen atoms in total. The second-order valence-corrected chi connectivity index (χ2v) is 29.4. The summed E-state index contributed by atoms with van der Waals surface area (Å²) in [6.45, 7) is 12.8. The van der Waals surface area contributed by atoms with Crippen LogP contribution in [0.5, 0.6) is 0 Å². The number of fused-ring (bicyclic) bond motifs is 7. The number of carbonyl (C=O) groups is 2. The Labute approximate surface area is 526 Å². The van der Waals surface area contributed by atoms with Crippen molar-refractivity contribution < 1.29 is 149 Å². The number of aliphatic hydroxyl groups is 16. The lowest BCUT2D eigenvalue weighted by molar-refractivity contribution is -0.397. The van der Waals surface area contributed by atoms with Crippen LogP contribution in [0, 0.1) is 50.2 Å². The maximum Gasteiger partial charge on any atom is 0.335 e. The average Bonchev–Trinajstić information content (AvgIpc) is 0.676. The van der Waals surface area contributed by atoms with Gasteiger partial charge in [0.25, 0.3) is 0 Å². The molecule has 5 aliphatic carbocycles. The molecule has 0 aromatic rings. The second-order valence-electron chi connectivity index (χ2n) is 29.4. The minimum Gasteiger partial charge on any atom is -0.479 e. The number of hydrogen-bond donors (Lipinski definition) is 17. The molecule has 30 heteroatoms. The van der Waals surface area contributed by atoms with Gasteiger partial charge in [-0.25, -0.2) is 4.79 Å². The highest BCUT2D eigenvalue weighted by molar-refractivity contribution is 5.73. The third-order valence-electron chi connectivity index (χ3n) is 23.8. The molecule has 0 bridgehead atoms. The number of esters is 1. The Balaban J connectivity index is 0.910. The van der Waals surface area contributed by atoms with E-state index < -0.39 is 238 Å². The van der Waals surface area contributed by atoms with Gasteiger partial charge < -0.3 is 139 Å². The maximum atomic E-state index is 13.1. The van der Waals surface area contributed by atoms with Gasteiger partial charge in [-0.2, -0.15) is 0 Å².